The first-order chi connectivity index (χ1) is 15.3. The van der Waals surface area contributed by atoms with Crippen molar-refractivity contribution in [3.63, 3.8) is 0 Å². The van der Waals surface area contributed by atoms with E-state index in [1.165, 1.54) is 25.7 Å². The number of guanidine groups is 1. The minimum Gasteiger partial charge on any atom is -0.444 e. The zero-order valence-electron chi connectivity index (χ0n) is 20.6. The third kappa shape index (κ3) is 9.17. The summed E-state index contributed by atoms with van der Waals surface area (Å²) in [5.41, 5.74) is 0.674. The molecule has 1 atom stereocenters. The molecule has 2 N–H and O–H groups in total. The molecule has 0 bridgehead atoms. The Bertz CT molecular complexity index is 774. The predicted octanol–water partition coefficient (Wildman–Crippen LogP) is 4.14. The zero-order valence-corrected chi connectivity index (χ0v) is 22.9. The number of halogens is 1. The van der Waals surface area contributed by atoms with Crippen LogP contribution in [0.2, 0.25) is 0 Å². The average Bonchev–Trinajstić information content (AvgIpc) is 3.01. The fourth-order valence-electron chi connectivity index (χ4n) is 4.17. The van der Waals surface area contributed by atoms with Crippen LogP contribution < -0.4 is 15.5 Å². The van der Waals surface area contributed by atoms with Crippen LogP contribution in [-0.2, 0) is 11.3 Å². The Hall–Kier alpha value is -1.78. The molecule has 2 fully saturated rings. The highest BCUT2D eigenvalue weighted by Crippen LogP contribution is 2.19. The van der Waals surface area contributed by atoms with Gasteiger partial charge in [0.1, 0.15) is 11.4 Å². The van der Waals surface area contributed by atoms with E-state index in [4.69, 9.17) is 9.73 Å². The fraction of sp³-hybridized carbons (Fsp3) is 0.708. The molecule has 2 saturated heterocycles. The van der Waals surface area contributed by atoms with Gasteiger partial charge in [-0.25, -0.2) is 14.8 Å². The largest absolute Gasteiger partial charge is 0.444 e. The summed E-state index contributed by atoms with van der Waals surface area (Å²) in [7, 11) is 0. The molecular formula is C24H41IN6O2. The van der Waals surface area contributed by atoms with E-state index in [-0.39, 0.29) is 36.1 Å². The topological polar surface area (TPSA) is 82.1 Å². The molecule has 9 heteroatoms. The van der Waals surface area contributed by atoms with Crippen molar-refractivity contribution in [1.82, 2.24) is 20.5 Å². The van der Waals surface area contributed by atoms with Gasteiger partial charge in [0.05, 0.1) is 12.6 Å². The molecule has 0 aliphatic carbocycles. The highest BCUT2D eigenvalue weighted by Gasteiger charge is 2.27. The first-order valence-electron chi connectivity index (χ1n) is 12.1. The summed E-state index contributed by atoms with van der Waals surface area (Å²) in [5, 5.41) is 6.38. The van der Waals surface area contributed by atoms with Crippen molar-refractivity contribution in [3.05, 3.63) is 23.9 Å². The molecule has 8 nitrogen and oxygen atoms in total. The summed E-state index contributed by atoms with van der Waals surface area (Å²) in [6, 6.07) is 4.28. The lowest BCUT2D eigenvalue weighted by Gasteiger charge is -2.23. The molecule has 1 unspecified atom stereocenters. The van der Waals surface area contributed by atoms with Crippen molar-refractivity contribution in [3.8, 4) is 0 Å². The third-order valence-electron chi connectivity index (χ3n) is 5.69. The number of pyridine rings is 1. The molecule has 1 aromatic rings. The van der Waals surface area contributed by atoms with Crippen molar-refractivity contribution in [2.45, 2.75) is 78.0 Å². The summed E-state index contributed by atoms with van der Waals surface area (Å²) in [6.07, 6.45) is 7.51. The van der Waals surface area contributed by atoms with E-state index in [2.05, 4.69) is 38.4 Å². The van der Waals surface area contributed by atoms with Gasteiger partial charge in [-0.1, -0.05) is 12.8 Å². The van der Waals surface area contributed by atoms with Crippen molar-refractivity contribution >= 4 is 41.8 Å². The molecule has 1 aromatic heterocycles. The highest BCUT2D eigenvalue weighted by atomic mass is 127. The number of rotatable bonds is 5. The Labute approximate surface area is 216 Å². The van der Waals surface area contributed by atoms with Gasteiger partial charge in [-0.15, -0.1) is 24.0 Å². The van der Waals surface area contributed by atoms with Crippen LogP contribution in [0.4, 0.5) is 10.6 Å². The van der Waals surface area contributed by atoms with Gasteiger partial charge in [0.2, 0.25) is 0 Å². The maximum Gasteiger partial charge on any atom is 0.407 e. The Kier molecular flexibility index (Phi) is 11.0. The number of hydrogen-bond donors (Lipinski definition) is 2. The number of aromatic nitrogens is 1. The molecule has 2 aliphatic heterocycles. The highest BCUT2D eigenvalue weighted by molar-refractivity contribution is 14.0. The number of ether oxygens (including phenoxy) is 1. The summed E-state index contributed by atoms with van der Waals surface area (Å²) in [4.78, 5) is 26.2. The Balaban J connectivity index is 0.00000385. The molecule has 186 valence electrons. The minimum atomic E-state index is -0.491. The Morgan fingerprint density at radius 2 is 1.94 bits per heavy atom. The number of amides is 1. The number of carbonyl (C=O) groups is 1. The lowest BCUT2D eigenvalue weighted by atomic mass is 10.2. The lowest BCUT2D eigenvalue weighted by molar-refractivity contribution is 0.0507. The van der Waals surface area contributed by atoms with Crippen LogP contribution in [0.5, 0.6) is 0 Å². The van der Waals surface area contributed by atoms with Crippen molar-refractivity contribution in [1.29, 1.82) is 0 Å². The van der Waals surface area contributed by atoms with E-state index in [0.717, 1.165) is 56.5 Å². The molecule has 2 aliphatic rings. The first kappa shape index (κ1) is 27.5. The second-order valence-corrected chi connectivity index (χ2v) is 9.67. The summed E-state index contributed by atoms with van der Waals surface area (Å²) >= 11 is 0. The quantitative estimate of drug-likeness (QED) is 0.314. The smallest absolute Gasteiger partial charge is 0.407 e. The van der Waals surface area contributed by atoms with E-state index < -0.39 is 5.60 Å². The second kappa shape index (κ2) is 13.2. The van der Waals surface area contributed by atoms with E-state index in [0.29, 0.717) is 6.54 Å². The van der Waals surface area contributed by atoms with E-state index in [9.17, 15) is 4.79 Å². The maximum atomic E-state index is 12.1. The van der Waals surface area contributed by atoms with Gasteiger partial charge >= 0.3 is 6.09 Å². The van der Waals surface area contributed by atoms with Crippen LogP contribution in [0.1, 0.15) is 65.4 Å². The zero-order chi connectivity index (χ0) is 23.0. The molecule has 33 heavy (non-hydrogen) atoms. The van der Waals surface area contributed by atoms with E-state index >= 15 is 0 Å². The van der Waals surface area contributed by atoms with Gasteiger partial charge in [0.25, 0.3) is 0 Å². The number of likely N-dealkylation sites (tertiary alicyclic amines) is 1. The standard InChI is InChI=1S/C24H40N6O2.HI/c1-5-25-22(30-15-11-20(18-30)28-23(31)32-24(2,3)4)27-17-19-10-12-26-21(16-19)29-13-8-6-7-9-14-29;/h10,12,16,20H,5-9,11,13-15,17-18H2,1-4H3,(H,25,27)(H,28,31);1H. The summed E-state index contributed by atoms with van der Waals surface area (Å²) in [5.74, 6) is 1.95. The number of nitrogens with one attached hydrogen (secondary N) is 2. The van der Waals surface area contributed by atoms with Crippen LogP contribution in [0.3, 0.4) is 0 Å². The van der Waals surface area contributed by atoms with Gasteiger partial charge in [-0.3, -0.25) is 0 Å². The number of nitrogens with zero attached hydrogens (tertiary/aromatic N) is 4. The van der Waals surface area contributed by atoms with Gasteiger partial charge in [0, 0.05) is 38.9 Å². The van der Waals surface area contributed by atoms with E-state index in [1.807, 2.05) is 33.0 Å². The molecular weight excluding hydrogens is 531 g/mol. The van der Waals surface area contributed by atoms with Crippen LogP contribution in [0, 0.1) is 0 Å². The van der Waals surface area contributed by atoms with Gasteiger partial charge < -0.3 is 25.2 Å². The molecule has 1 amide bonds. The lowest BCUT2D eigenvalue weighted by Crippen LogP contribution is -2.44. The average molecular weight is 573 g/mol. The van der Waals surface area contributed by atoms with Crippen molar-refractivity contribution in [2.75, 3.05) is 37.6 Å². The summed E-state index contributed by atoms with van der Waals surface area (Å²) < 4.78 is 5.39. The third-order valence-corrected chi connectivity index (χ3v) is 5.69. The van der Waals surface area contributed by atoms with Crippen molar-refractivity contribution in [2.24, 2.45) is 4.99 Å². The molecule has 0 saturated carbocycles. The normalized spacial score (nSPS) is 19.5. The van der Waals surface area contributed by atoms with Gasteiger partial charge in [-0.05, 0) is 64.7 Å². The molecule has 0 radical (unpaired) electrons. The first-order valence-corrected chi connectivity index (χ1v) is 12.1. The Morgan fingerprint density at radius 1 is 1.21 bits per heavy atom. The van der Waals surface area contributed by atoms with Crippen molar-refractivity contribution < 1.29 is 9.53 Å². The fourth-order valence-corrected chi connectivity index (χ4v) is 4.17. The van der Waals surface area contributed by atoms with Gasteiger partial charge in [-0.2, -0.15) is 0 Å². The minimum absolute atomic E-state index is 0. The van der Waals surface area contributed by atoms with Crippen LogP contribution in [0.25, 0.3) is 0 Å². The number of alkyl carbamates (subject to hydrolysis) is 1. The molecule has 0 aromatic carbocycles. The van der Waals surface area contributed by atoms with Crippen LogP contribution in [-0.4, -0.2) is 66.3 Å². The predicted molar refractivity (Wildman–Crippen MR) is 144 cm³/mol. The van der Waals surface area contributed by atoms with Crippen LogP contribution >= 0.6 is 24.0 Å². The van der Waals surface area contributed by atoms with E-state index in [1.54, 1.807) is 0 Å². The number of anilines is 1. The maximum absolute atomic E-state index is 12.1. The number of hydrogen-bond acceptors (Lipinski definition) is 5. The Morgan fingerprint density at radius 3 is 2.61 bits per heavy atom. The molecule has 3 heterocycles. The van der Waals surface area contributed by atoms with Crippen LogP contribution in [0.15, 0.2) is 23.3 Å². The second-order valence-electron chi connectivity index (χ2n) is 9.67. The number of carbonyl (C=O) groups excluding carboxylic acids is 1. The SMILES string of the molecule is CCNC(=NCc1ccnc(N2CCCCCC2)c1)N1CCC(NC(=O)OC(C)(C)C)C1.I. The monoisotopic (exact) mass is 572 g/mol. The van der Waals surface area contributed by atoms with Gasteiger partial charge in [0.15, 0.2) is 5.96 Å². The molecule has 0 spiro atoms. The molecule has 3 rings (SSSR count). The number of aliphatic imine (C=N–C) groups is 1. The summed E-state index contributed by atoms with van der Waals surface area (Å²) in [6.45, 7) is 12.8.